The number of aromatic nitrogens is 3. The number of furan rings is 1. The van der Waals surface area contributed by atoms with Crippen LogP contribution in [0.1, 0.15) is 67.9 Å². The van der Waals surface area contributed by atoms with E-state index in [1.54, 1.807) is 36.4 Å². The fourth-order valence-electron chi connectivity index (χ4n) is 5.54. The molecule has 0 fully saturated rings. The van der Waals surface area contributed by atoms with Crippen LogP contribution in [0.25, 0.3) is 65.8 Å². The number of hydrogen-bond donors (Lipinski definition) is 0. The summed E-state index contributed by atoms with van der Waals surface area (Å²) in [5.74, 6) is 0. The average molecular weight is 806 g/mol. The van der Waals surface area contributed by atoms with Crippen molar-refractivity contribution in [2.45, 2.75) is 54.6 Å². The summed E-state index contributed by atoms with van der Waals surface area (Å²) in [6.07, 6.45) is 0.713. The molecule has 0 spiro atoms. The number of nitrogens with zero attached hydrogens (tertiary/aromatic N) is 3. The van der Waals surface area contributed by atoms with Gasteiger partial charge in [-0.25, -0.2) is 4.98 Å². The van der Waals surface area contributed by atoms with Gasteiger partial charge >= 0.3 is 0 Å². The first-order valence-corrected chi connectivity index (χ1v) is 14.6. The normalized spacial score (nSPS) is 17.4. The van der Waals surface area contributed by atoms with Gasteiger partial charge in [-0.3, -0.25) is 0 Å². The van der Waals surface area contributed by atoms with Crippen molar-refractivity contribution in [3.8, 4) is 11.3 Å². The maximum absolute atomic E-state index is 8.63. The van der Waals surface area contributed by atoms with E-state index in [-0.39, 0.29) is 59.2 Å². The van der Waals surface area contributed by atoms with E-state index in [9.17, 15) is 0 Å². The minimum atomic E-state index is -2.74. The Morgan fingerprint density at radius 2 is 1.68 bits per heavy atom. The number of benzene rings is 4. The van der Waals surface area contributed by atoms with Crippen molar-refractivity contribution >= 4 is 54.5 Å². The van der Waals surface area contributed by atoms with E-state index >= 15 is 0 Å². The Bertz CT molecular complexity index is 2870. The molecule has 0 unspecified atom stereocenters. The molecule has 4 aromatic carbocycles. The van der Waals surface area contributed by atoms with Crippen LogP contribution in [0.4, 0.5) is 0 Å². The maximum Gasteiger partial charge on any atom is 0.227 e. The quantitative estimate of drug-likeness (QED) is 0.129. The Balaban J connectivity index is 0.000000250. The summed E-state index contributed by atoms with van der Waals surface area (Å²) in [7, 11) is 0. The van der Waals surface area contributed by atoms with Crippen molar-refractivity contribution < 1.29 is 43.7 Å². The van der Waals surface area contributed by atoms with Crippen LogP contribution in [0, 0.1) is 45.0 Å². The van der Waals surface area contributed by atoms with Crippen molar-refractivity contribution in [1.29, 1.82) is 0 Å². The molecule has 0 saturated carbocycles. The molecule has 8 rings (SSSR count). The average Bonchev–Trinajstić information content (AvgIpc) is 3.52. The molecule has 0 saturated heterocycles. The topological polar surface area (TPSA) is 51.8 Å². The Kier molecular flexibility index (Phi) is 5.21. The van der Waals surface area contributed by atoms with Crippen molar-refractivity contribution in [1.82, 2.24) is 15.0 Å². The summed E-state index contributed by atoms with van der Waals surface area (Å²) >= 11 is 0. The van der Waals surface area contributed by atoms with Gasteiger partial charge in [-0.2, -0.15) is 0 Å². The third-order valence-electron chi connectivity index (χ3n) is 7.56. The standard InChI is InChI=1S/C29H25N2O.C13H12N.Ir/c1-16-15-30-27-20-9-7-6-8-19(20)22-12-23-21-11-10-18(14-29(3,4)5)31-28(21)32-25(23)13-24(22)26(27)17(16)2;1-10-3-6-12(7-4-10)13-8-5-11(2)9-14-13;/h6-8,10-13,15H,14H2,1-5H3;3-6,8-9H,1-2H3;/q2*-1;/i1D3,2D3,14D2;1D3,2D3;. The number of pyridine rings is 3. The molecular formula is C42H37IrN3O-2. The van der Waals surface area contributed by atoms with E-state index < -0.39 is 39.2 Å². The smallest absolute Gasteiger partial charge is 0.227 e. The van der Waals surface area contributed by atoms with E-state index in [0.717, 1.165) is 17.0 Å². The molecular weight excluding hydrogens is 755 g/mol. The Morgan fingerprint density at radius 1 is 0.809 bits per heavy atom. The summed E-state index contributed by atoms with van der Waals surface area (Å²) in [6.45, 7) is -4.35. The van der Waals surface area contributed by atoms with Gasteiger partial charge in [0.1, 0.15) is 5.58 Å². The van der Waals surface area contributed by atoms with E-state index in [2.05, 4.69) is 27.1 Å². The van der Waals surface area contributed by atoms with Crippen LogP contribution in [0.2, 0.25) is 0 Å². The van der Waals surface area contributed by atoms with Gasteiger partial charge in [-0.15, -0.1) is 65.0 Å². The Morgan fingerprint density at radius 3 is 2.40 bits per heavy atom. The van der Waals surface area contributed by atoms with Crippen molar-refractivity contribution in [2.75, 3.05) is 0 Å². The predicted octanol–water partition coefficient (Wildman–Crippen LogP) is 11.0. The van der Waals surface area contributed by atoms with Gasteiger partial charge in [0.2, 0.25) is 5.71 Å². The summed E-state index contributed by atoms with van der Waals surface area (Å²) in [6, 6.07) is 26.1. The molecule has 4 nitrogen and oxygen atoms in total. The molecule has 0 amide bonds. The summed E-state index contributed by atoms with van der Waals surface area (Å²) < 4.78 is 116. The zero-order valence-corrected chi connectivity index (χ0v) is 28.1. The molecule has 4 aromatic heterocycles. The van der Waals surface area contributed by atoms with Gasteiger partial charge in [0.05, 0.1) is 0 Å². The van der Waals surface area contributed by atoms with Crippen LogP contribution >= 0.6 is 0 Å². The molecule has 47 heavy (non-hydrogen) atoms. The Hall–Kier alpha value is -4.44. The first-order valence-electron chi connectivity index (χ1n) is 21.6. The first kappa shape index (κ1) is 19.4. The minimum Gasteiger partial charge on any atom is -0.438 e. The van der Waals surface area contributed by atoms with Crippen molar-refractivity contribution in [2.24, 2.45) is 5.41 Å². The fourth-order valence-corrected chi connectivity index (χ4v) is 5.54. The molecule has 0 bridgehead atoms. The zero-order chi connectivity index (χ0) is 44.0. The molecule has 0 aliphatic heterocycles. The summed E-state index contributed by atoms with van der Waals surface area (Å²) in [5, 5.41) is 4.17. The maximum atomic E-state index is 8.63. The molecule has 237 valence electrons. The van der Waals surface area contributed by atoms with Gasteiger partial charge < -0.3 is 14.4 Å². The van der Waals surface area contributed by atoms with Crippen LogP contribution in [0.5, 0.6) is 0 Å². The van der Waals surface area contributed by atoms with Crippen LogP contribution in [-0.2, 0) is 26.5 Å². The second-order valence-corrected chi connectivity index (χ2v) is 12.1. The monoisotopic (exact) mass is 806 g/mol. The van der Waals surface area contributed by atoms with Gasteiger partial charge in [-0.05, 0) is 89.2 Å². The molecule has 0 aliphatic carbocycles. The third kappa shape index (κ3) is 6.31. The summed E-state index contributed by atoms with van der Waals surface area (Å²) in [4.78, 5) is 13.1. The van der Waals surface area contributed by atoms with Crippen molar-refractivity contribution in [3.63, 3.8) is 0 Å². The second kappa shape index (κ2) is 12.6. The van der Waals surface area contributed by atoms with Crippen molar-refractivity contribution in [3.05, 3.63) is 125 Å². The molecule has 0 atom stereocenters. The minimum absolute atomic E-state index is 0. The van der Waals surface area contributed by atoms with Gasteiger partial charge in [0.25, 0.3) is 0 Å². The zero-order valence-electron chi connectivity index (χ0n) is 39.7. The number of hydrogen-bond acceptors (Lipinski definition) is 4. The van der Waals surface area contributed by atoms with E-state index in [0.29, 0.717) is 43.9 Å². The number of fused-ring (bicyclic) bond motifs is 9. The van der Waals surface area contributed by atoms with Crippen LogP contribution < -0.4 is 0 Å². The molecule has 5 heteroatoms. The van der Waals surface area contributed by atoms with Crippen LogP contribution in [-0.4, -0.2) is 15.0 Å². The second-order valence-electron chi connectivity index (χ2n) is 12.1. The molecule has 4 heterocycles. The van der Waals surface area contributed by atoms with Gasteiger partial charge in [-0.1, -0.05) is 56.6 Å². The number of aryl methyl sites for hydroxylation is 4. The van der Waals surface area contributed by atoms with Crippen LogP contribution in [0.3, 0.4) is 0 Å². The largest absolute Gasteiger partial charge is 0.438 e. The summed E-state index contributed by atoms with van der Waals surface area (Å²) in [5.41, 5.74) is 1.52. The third-order valence-corrected chi connectivity index (χ3v) is 7.56. The first-order chi connectivity index (χ1) is 27.7. The predicted molar refractivity (Wildman–Crippen MR) is 191 cm³/mol. The van der Waals surface area contributed by atoms with Gasteiger partial charge in [0.15, 0.2) is 0 Å². The SMILES string of the molecule is [2H]C([2H])([2H])c1c[c-]c(-c2ccc(C([2H])([2H])[2H])cn2)cc1.[2H]C([2H])([2H])c1cnc2c3[c-]cccc3c3cc4c(cc3c2c1C([2H])([2H])[2H])oc1nc(C([2H])([2H])C(C)(C)C)ccc14.[Ir]. The molecule has 8 aromatic rings. The van der Waals surface area contributed by atoms with Gasteiger partial charge in [0, 0.05) is 68.2 Å². The molecule has 0 N–H and O–H groups in total. The van der Waals surface area contributed by atoms with E-state index in [4.69, 9.17) is 23.6 Å². The Labute approximate surface area is 309 Å². The van der Waals surface area contributed by atoms with E-state index in [1.807, 2.05) is 39.0 Å². The molecule has 0 aliphatic rings. The fraction of sp³-hybridized carbons (Fsp3) is 0.214. The molecule has 1 radical (unpaired) electrons. The van der Waals surface area contributed by atoms with Crippen LogP contribution in [0.15, 0.2) is 89.6 Å². The van der Waals surface area contributed by atoms with E-state index in [1.165, 1.54) is 24.4 Å². The number of rotatable bonds is 2.